The number of aromatic nitrogens is 5. The molecule has 0 spiro atoms. The predicted octanol–water partition coefficient (Wildman–Crippen LogP) is 2.74. The molecule has 148 valence electrons. The average molecular weight is 417 g/mol. The fourth-order valence-electron chi connectivity index (χ4n) is 2.52. The molecule has 3 aromatic heterocycles. The minimum atomic E-state index is -3.07. The monoisotopic (exact) mass is 417 g/mol. The van der Waals surface area contributed by atoms with Gasteiger partial charge in [-0.25, -0.2) is 19.6 Å². The second-order valence-electron chi connectivity index (χ2n) is 6.09. The van der Waals surface area contributed by atoms with Gasteiger partial charge in [-0.15, -0.1) is 0 Å². The van der Waals surface area contributed by atoms with Crippen LogP contribution in [0.2, 0.25) is 0 Å². The van der Waals surface area contributed by atoms with Crippen LogP contribution in [0.1, 0.15) is 5.89 Å². The summed E-state index contributed by atoms with van der Waals surface area (Å²) in [5.41, 5.74) is -1.19. The number of hydrogen-bond donors (Lipinski definition) is 0. The first kappa shape index (κ1) is 19.1. The van der Waals surface area contributed by atoms with Crippen LogP contribution in [-0.2, 0) is 6.54 Å². The molecule has 4 rings (SSSR count). The Kier molecular flexibility index (Phi) is 5.02. The Morgan fingerprint density at radius 3 is 2.62 bits per heavy atom. The largest absolute Gasteiger partial charge is 0.457 e. The van der Waals surface area contributed by atoms with Gasteiger partial charge in [0.1, 0.15) is 12.1 Å². The minimum Gasteiger partial charge on any atom is -0.457 e. The second kappa shape index (κ2) is 7.63. The Hall–Kier alpha value is -3.26. The first-order valence-corrected chi connectivity index (χ1v) is 9.00. The Balaban J connectivity index is 1.55. The lowest BCUT2D eigenvalue weighted by Crippen LogP contribution is -2.23. The molecule has 11 heteroatoms. The molecule has 0 N–H and O–H groups in total. The Bertz CT molecular complexity index is 1170. The molecule has 4 aromatic rings. The van der Waals surface area contributed by atoms with Crippen LogP contribution in [0, 0.1) is 0 Å². The van der Waals surface area contributed by atoms with E-state index < -0.39 is 12.3 Å². The van der Waals surface area contributed by atoms with E-state index in [2.05, 4.69) is 20.1 Å². The summed E-state index contributed by atoms with van der Waals surface area (Å²) in [6.07, 6.45) is 2.75. The molecule has 1 aromatic carbocycles. The summed E-state index contributed by atoms with van der Waals surface area (Å²) in [7, 11) is 1.38. The minimum absolute atomic E-state index is 0.0483. The molecule has 0 radical (unpaired) electrons. The zero-order valence-corrected chi connectivity index (χ0v) is 16.0. The van der Waals surface area contributed by atoms with Gasteiger partial charge in [-0.3, -0.25) is 4.79 Å². The van der Waals surface area contributed by atoms with Crippen molar-refractivity contribution in [1.29, 1.82) is 0 Å². The maximum absolute atomic E-state index is 12.8. The van der Waals surface area contributed by atoms with Crippen molar-refractivity contribution < 1.29 is 17.9 Å². The quantitative estimate of drug-likeness (QED) is 0.445. The van der Waals surface area contributed by atoms with Gasteiger partial charge >= 0.3 is 6.01 Å². The third-order valence-corrected chi connectivity index (χ3v) is 3.97. The van der Waals surface area contributed by atoms with E-state index in [-0.39, 0.29) is 18.1 Å². The van der Waals surface area contributed by atoms with E-state index in [1.807, 2.05) is 18.2 Å². The van der Waals surface area contributed by atoms with Crippen molar-refractivity contribution in [2.24, 2.45) is 0 Å². The lowest BCUT2D eigenvalue weighted by molar-refractivity contribution is 0.0422. The molecule has 0 fully saturated rings. The maximum atomic E-state index is 12.8. The van der Waals surface area contributed by atoms with E-state index in [0.29, 0.717) is 28.2 Å². The van der Waals surface area contributed by atoms with Gasteiger partial charge in [-0.1, -0.05) is 21.4 Å². The third kappa shape index (κ3) is 4.60. The summed E-state index contributed by atoms with van der Waals surface area (Å²) in [6, 6.07) is 9.94. The van der Waals surface area contributed by atoms with E-state index in [1.54, 1.807) is 6.07 Å². The fraction of sp³-hybridized carbons (Fsp3) is 0.167. The second-order valence-corrected chi connectivity index (χ2v) is 6.94. The molecule has 0 aliphatic carbocycles. The van der Waals surface area contributed by atoms with E-state index in [9.17, 15) is 13.6 Å². The molecular formula is C18H14F2N5O3P. The summed E-state index contributed by atoms with van der Waals surface area (Å²) < 4.78 is 37.3. The molecule has 1 atom stereocenters. The molecule has 0 saturated carbocycles. The highest BCUT2D eigenvalue weighted by atomic mass is 31.0. The smallest absolute Gasteiger partial charge is 0.316 e. The summed E-state index contributed by atoms with van der Waals surface area (Å²) in [5, 5.41) is 4.28. The molecule has 3 heterocycles. The highest BCUT2D eigenvalue weighted by Crippen LogP contribution is 2.23. The van der Waals surface area contributed by atoms with Crippen LogP contribution < -0.4 is 10.3 Å². The summed E-state index contributed by atoms with van der Waals surface area (Å²) >= 11 is 0. The number of fused-ring (bicyclic) bond motifs is 1. The Labute approximate surface area is 164 Å². The molecule has 8 nitrogen and oxygen atoms in total. The molecular weight excluding hydrogens is 403 g/mol. The van der Waals surface area contributed by atoms with Crippen molar-refractivity contribution in [2.75, 3.05) is 6.61 Å². The number of para-hydroxylation sites is 2. The summed E-state index contributed by atoms with van der Waals surface area (Å²) in [4.78, 5) is 24.3. The third-order valence-electron chi connectivity index (χ3n) is 3.81. The van der Waals surface area contributed by atoms with E-state index in [4.69, 9.17) is 9.15 Å². The molecule has 0 aliphatic rings. The lowest BCUT2D eigenvalue weighted by Gasteiger charge is -2.10. The van der Waals surface area contributed by atoms with Crippen LogP contribution in [0.25, 0.3) is 22.4 Å². The molecule has 29 heavy (non-hydrogen) atoms. The van der Waals surface area contributed by atoms with Crippen molar-refractivity contribution in [3.63, 3.8) is 0 Å². The number of alkyl halides is 2. The van der Waals surface area contributed by atoms with Crippen LogP contribution in [0.5, 0.6) is 6.01 Å². The van der Waals surface area contributed by atoms with Crippen LogP contribution in [-0.4, -0.2) is 37.0 Å². The van der Waals surface area contributed by atoms with Crippen LogP contribution in [0.15, 0.2) is 58.0 Å². The number of hydrogen-bond acceptors (Lipinski definition) is 7. The van der Waals surface area contributed by atoms with Crippen molar-refractivity contribution in [3.8, 4) is 17.3 Å². The number of oxazole rings is 1. The normalized spacial score (nSPS) is 11.7. The first-order chi connectivity index (χ1) is 13.9. The molecule has 0 aliphatic heterocycles. The van der Waals surface area contributed by atoms with Gasteiger partial charge in [0, 0.05) is 24.0 Å². The zero-order chi connectivity index (χ0) is 20.4. The standard InChI is InChI=1S/C18H14F2N5O3P/c19-18(20,29)10-27-17-21-7-11(8-22-17)12-5-6-16(26)25(24-12)9-15-23-13-3-1-2-4-14(13)28-15/h1-8H,9-10,29H2. The topological polar surface area (TPSA) is 95.9 Å². The molecule has 1 unspecified atom stereocenters. The van der Waals surface area contributed by atoms with Crippen LogP contribution in [0.4, 0.5) is 8.78 Å². The molecule has 0 bridgehead atoms. The number of halogens is 2. The number of nitrogens with zero attached hydrogens (tertiary/aromatic N) is 5. The number of ether oxygens (including phenoxy) is 1. The van der Waals surface area contributed by atoms with Crippen molar-refractivity contribution in [3.05, 3.63) is 65.0 Å². The number of benzene rings is 1. The van der Waals surface area contributed by atoms with Gasteiger partial charge in [0.2, 0.25) is 5.89 Å². The lowest BCUT2D eigenvalue weighted by atomic mass is 10.2. The fourth-order valence-corrected chi connectivity index (χ4v) is 2.60. The van der Waals surface area contributed by atoms with Crippen molar-refractivity contribution in [1.82, 2.24) is 24.7 Å². The predicted molar refractivity (Wildman–Crippen MR) is 103 cm³/mol. The van der Waals surface area contributed by atoms with Gasteiger partial charge < -0.3 is 9.15 Å². The van der Waals surface area contributed by atoms with Crippen molar-refractivity contribution >= 4 is 20.3 Å². The Morgan fingerprint density at radius 2 is 1.90 bits per heavy atom. The van der Waals surface area contributed by atoms with Gasteiger partial charge in [0.05, 0.1) is 5.69 Å². The SMILES string of the molecule is O=c1ccc(-c2cnc(OCC(F)(F)P)nc2)nn1Cc1nc2ccccc2o1. The van der Waals surface area contributed by atoms with E-state index in [0.717, 1.165) is 0 Å². The van der Waals surface area contributed by atoms with E-state index in [1.165, 1.54) is 38.4 Å². The average Bonchev–Trinajstić information content (AvgIpc) is 3.10. The highest BCUT2D eigenvalue weighted by molar-refractivity contribution is 7.18. The van der Waals surface area contributed by atoms with Gasteiger partial charge in [0.25, 0.3) is 11.2 Å². The molecule has 0 amide bonds. The highest BCUT2D eigenvalue weighted by Gasteiger charge is 2.22. The summed E-state index contributed by atoms with van der Waals surface area (Å²) in [5.74, 6) is 0.344. The van der Waals surface area contributed by atoms with Crippen LogP contribution in [0.3, 0.4) is 0 Å². The Morgan fingerprint density at radius 1 is 1.14 bits per heavy atom. The van der Waals surface area contributed by atoms with Crippen molar-refractivity contribution in [2.45, 2.75) is 12.2 Å². The first-order valence-electron chi connectivity index (χ1n) is 8.42. The molecule has 0 saturated heterocycles. The maximum Gasteiger partial charge on any atom is 0.316 e. The zero-order valence-electron chi connectivity index (χ0n) is 14.8. The number of rotatable bonds is 6. The van der Waals surface area contributed by atoms with Crippen LogP contribution >= 0.6 is 9.24 Å². The van der Waals surface area contributed by atoms with Gasteiger partial charge in [0.15, 0.2) is 12.2 Å². The summed E-state index contributed by atoms with van der Waals surface area (Å²) in [6.45, 7) is -0.808. The van der Waals surface area contributed by atoms with E-state index >= 15 is 0 Å². The van der Waals surface area contributed by atoms with Gasteiger partial charge in [-0.2, -0.15) is 13.9 Å². The van der Waals surface area contributed by atoms with Gasteiger partial charge in [-0.05, 0) is 18.2 Å².